The molecule has 0 bridgehead atoms. The number of nitrogens with zero attached hydrogens (tertiary/aromatic N) is 1. The van der Waals surface area contributed by atoms with Crippen LogP contribution in [0.1, 0.15) is 22.3 Å². The molecule has 0 aliphatic carbocycles. The van der Waals surface area contributed by atoms with Crippen LogP contribution in [0.5, 0.6) is 0 Å². The minimum absolute atomic E-state index is 0.0687. The quantitative estimate of drug-likeness (QED) is 0.641. The van der Waals surface area contributed by atoms with Gasteiger partial charge in [-0.1, -0.05) is 36.0 Å². The molecule has 1 saturated heterocycles. The average molecular weight is 477 g/mol. The molecule has 4 atom stereocenters. The molecule has 4 rings (SSSR count). The highest BCUT2D eigenvalue weighted by atomic mass is 32.2. The number of methoxy groups -OCH3 is 1. The Morgan fingerprint density at radius 1 is 1.30 bits per heavy atom. The van der Waals surface area contributed by atoms with Gasteiger partial charge in [-0.2, -0.15) is 0 Å². The second-order valence-corrected chi connectivity index (χ2v) is 9.08. The number of carbonyl (C=O) groups is 1. The van der Waals surface area contributed by atoms with Crippen molar-refractivity contribution < 1.29 is 27.4 Å². The monoisotopic (exact) mass is 476 g/mol. The van der Waals surface area contributed by atoms with Gasteiger partial charge in [-0.25, -0.2) is 18.2 Å². The molecule has 2 aliphatic rings. The number of alkyl halides is 1. The fourth-order valence-electron chi connectivity index (χ4n) is 4.30. The molecule has 5 nitrogen and oxygen atoms in total. The first kappa shape index (κ1) is 23.4. The highest BCUT2D eigenvalue weighted by molar-refractivity contribution is 8.14. The van der Waals surface area contributed by atoms with Gasteiger partial charge in [0.25, 0.3) is 5.91 Å². The number of nitrogens with one attached hydrogen (secondary N) is 1. The summed E-state index contributed by atoms with van der Waals surface area (Å²) in [5, 5.41) is 2.27. The van der Waals surface area contributed by atoms with Crippen LogP contribution in [0.15, 0.2) is 65.9 Å². The van der Waals surface area contributed by atoms with Crippen LogP contribution in [0.2, 0.25) is 0 Å². The van der Waals surface area contributed by atoms with Crippen molar-refractivity contribution in [3.05, 3.63) is 83.6 Å². The Balaban J connectivity index is 1.76. The van der Waals surface area contributed by atoms with Crippen molar-refractivity contribution in [3.8, 4) is 0 Å². The molecule has 2 aliphatic heterocycles. The van der Waals surface area contributed by atoms with Gasteiger partial charge in [0.15, 0.2) is 5.17 Å². The van der Waals surface area contributed by atoms with Gasteiger partial charge in [0.1, 0.15) is 23.8 Å². The lowest BCUT2D eigenvalue weighted by Crippen LogP contribution is -2.54. The molecule has 0 aromatic heterocycles. The van der Waals surface area contributed by atoms with Crippen LogP contribution >= 0.6 is 11.8 Å². The van der Waals surface area contributed by atoms with E-state index in [0.29, 0.717) is 12.0 Å². The van der Waals surface area contributed by atoms with E-state index in [4.69, 9.17) is 14.5 Å². The molecule has 0 saturated carbocycles. The Morgan fingerprint density at radius 2 is 2.09 bits per heavy atom. The van der Waals surface area contributed by atoms with Crippen molar-refractivity contribution in [2.24, 2.45) is 10.9 Å². The van der Waals surface area contributed by atoms with Gasteiger partial charge >= 0.3 is 0 Å². The van der Waals surface area contributed by atoms with Crippen molar-refractivity contribution in [2.75, 3.05) is 20.4 Å². The van der Waals surface area contributed by atoms with Gasteiger partial charge in [0.05, 0.1) is 26.1 Å². The van der Waals surface area contributed by atoms with Crippen molar-refractivity contribution in [1.29, 1.82) is 0 Å². The molecule has 1 N–H and O–H groups in total. The van der Waals surface area contributed by atoms with E-state index in [1.54, 1.807) is 36.4 Å². The number of hydrogen-bond donors (Lipinski definition) is 1. The second-order valence-electron chi connectivity index (χ2n) is 7.85. The van der Waals surface area contributed by atoms with Gasteiger partial charge in [-0.3, -0.25) is 4.79 Å². The van der Waals surface area contributed by atoms with Crippen LogP contribution in [0, 0.1) is 17.6 Å². The van der Waals surface area contributed by atoms with Crippen LogP contribution in [0.4, 0.5) is 13.2 Å². The first-order chi connectivity index (χ1) is 16.0. The standard InChI is InChI=1S/C24H23F3N2O3S/c1-31-10-9-17-12-19-21(13-25)33-23(28-22(30)15-5-3-2-4-6-15)29-24(19,14-32-17)18-8-7-16(26)11-20(18)27/h2-11,17,19,21H,12-14H2,1H3,(H,28,29,30)/t17-,19-,21+,24+/m0/s1. The Hall–Kier alpha value is -2.78. The lowest BCUT2D eigenvalue weighted by molar-refractivity contribution is -0.0437. The first-order valence-corrected chi connectivity index (χ1v) is 11.3. The number of fused-ring (bicyclic) bond motifs is 1. The zero-order chi connectivity index (χ0) is 23.4. The van der Waals surface area contributed by atoms with Crippen molar-refractivity contribution >= 4 is 22.8 Å². The van der Waals surface area contributed by atoms with E-state index in [-0.39, 0.29) is 23.4 Å². The van der Waals surface area contributed by atoms with E-state index < -0.39 is 40.9 Å². The number of amidine groups is 1. The molecule has 0 unspecified atom stereocenters. The van der Waals surface area contributed by atoms with Crippen LogP contribution < -0.4 is 5.32 Å². The number of halogens is 3. The van der Waals surface area contributed by atoms with E-state index >= 15 is 0 Å². The van der Waals surface area contributed by atoms with E-state index in [1.807, 2.05) is 0 Å². The molecule has 2 aromatic carbocycles. The van der Waals surface area contributed by atoms with Crippen LogP contribution in [0.3, 0.4) is 0 Å². The summed E-state index contributed by atoms with van der Waals surface area (Å²) >= 11 is 1.10. The highest BCUT2D eigenvalue weighted by Gasteiger charge is 2.53. The molecule has 2 heterocycles. The number of rotatable bonds is 5. The van der Waals surface area contributed by atoms with Gasteiger partial charge in [0.2, 0.25) is 0 Å². The maximum absolute atomic E-state index is 15.0. The smallest absolute Gasteiger partial charge is 0.257 e. The minimum atomic E-state index is -1.32. The summed E-state index contributed by atoms with van der Waals surface area (Å²) in [6.07, 6.45) is 3.16. The third-order valence-corrected chi connectivity index (χ3v) is 7.04. The number of hydrogen-bond acceptors (Lipinski definition) is 5. The number of benzene rings is 2. The second kappa shape index (κ2) is 10.0. The summed E-state index contributed by atoms with van der Waals surface area (Å²) in [6, 6.07) is 11.8. The summed E-state index contributed by atoms with van der Waals surface area (Å²) in [5.74, 6) is -2.40. The summed E-state index contributed by atoms with van der Waals surface area (Å²) in [5.41, 5.74) is -0.809. The molecule has 174 valence electrons. The highest BCUT2D eigenvalue weighted by Crippen LogP contribution is 2.50. The SMILES string of the molecule is COC=C[C@H]1C[C@H]2[C@@H](CF)SC(NC(=O)c3ccccc3)=N[C@@]2(c2ccc(F)cc2F)CO1. The number of carbonyl (C=O) groups excluding carboxylic acids is 1. The molecule has 0 radical (unpaired) electrons. The fourth-order valence-corrected chi connectivity index (χ4v) is 5.51. The number of ether oxygens (including phenoxy) is 2. The molecule has 0 spiro atoms. The Bertz CT molecular complexity index is 1070. The maximum atomic E-state index is 15.0. The van der Waals surface area contributed by atoms with E-state index in [1.165, 1.54) is 19.4 Å². The zero-order valence-corrected chi connectivity index (χ0v) is 18.7. The number of thioether (sulfide) groups is 1. The Morgan fingerprint density at radius 3 is 2.79 bits per heavy atom. The normalized spacial score (nSPS) is 27.0. The van der Waals surface area contributed by atoms with E-state index in [0.717, 1.165) is 23.9 Å². The molecular formula is C24H23F3N2O3S. The molecule has 33 heavy (non-hydrogen) atoms. The average Bonchev–Trinajstić information content (AvgIpc) is 2.82. The number of amides is 1. The summed E-state index contributed by atoms with van der Waals surface area (Å²) in [7, 11) is 1.50. The zero-order valence-electron chi connectivity index (χ0n) is 17.8. The predicted octanol–water partition coefficient (Wildman–Crippen LogP) is 4.60. The van der Waals surface area contributed by atoms with E-state index in [9.17, 15) is 18.0 Å². The lowest BCUT2D eigenvalue weighted by Gasteiger charge is -2.49. The summed E-state index contributed by atoms with van der Waals surface area (Å²) < 4.78 is 53.9. The fraction of sp³-hybridized carbons (Fsp3) is 0.333. The molecule has 1 fully saturated rings. The van der Waals surface area contributed by atoms with Gasteiger partial charge in [-0.15, -0.1) is 0 Å². The van der Waals surface area contributed by atoms with Crippen molar-refractivity contribution in [2.45, 2.75) is 23.3 Å². The maximum Gasteiger partial charge on any atom is 0.257 e. The van der Waals surface area contributed by atoms with Gasteiger partial charge < -0.3 is 14.8 Å². The Labute approximate surface area is 194 Å². The van der Waals surface area contributed by atoms with Crippen LogP contribution in [-0.4, -0.2) is 42.8 Å². The summed E-state index contributed by atoms with van der Waals surface area (Å²) in [4.78, 5) is 17.4. The minimum Gasteiger partial charge on any atom is -0.505 e. The largest absolute Gasteiger partial charge is 0.505 e. The first-order valence-electron chi connectivity index (χ1n) is 10.4. The Kier molecular flexibility index (Phi) is 7.09. The lowest BCUT2D eigenvalue weighted by atomic mass is 9.72. The van der Waals surface area contributed by atoms with Crippen molar-refractivity contribution in [1.82, 2.24) is 5.32 Å². The predicted molar refractivity (Wildman–Crippen MR) is 121 cm³/mol. The molecular weight excluding hydrogens is 453 g/mol. The molecule has 9 heteroatoms. The molecule has 1 amide bonds. The van der Waals surface area contributed by atoms with E-state index in [2.05, 4.69) is 5.32 Å². The van der Waals surface area contributed by atoms with Crippen LogP contribution in [-0.2, 0) is 15.0 Å². The topological polar surface area (TPSA) is 59.9 Å². The third kappa shape index (κ3) is 4.79. The number of aliphatic imine (C=N–C) groups is 1. The van der Waals surface area contributed by atoms with Crippen LogP contribution in [0.25, 0.3) is 0 Å². The van der Waals surface area contributed by atoms with Gasteiger partial charge in [-0.05, 0) is 30.7 Å². The van der Waals surface area contributed by atoms with Gasteiger partial charge in [0, 0.05) is 28.4 Å². The van der Waals surface area contributed by atoms with Crippen molar-refractivity contribution in [3.63, 3.8) is 0 Å². The molecule has 2 aromatic rings. The third-order valence-electron chi connectivity index (χ3n) is 5.87. The summed E-state index contributed by atoms with van der Waals surface area (Å²) in [6.45, 7) is -0.790.